The van der Waals surface area contributed by atoms with E-state index < -0.39 is 0 Å². The number of halogens is 1. The summed E-state index contributed by atoms with van der Waals surface area (Å²) in [4.78, 5) is 5.79. The number of aryl methyl sites for hydroxylation is 2. The topological polar surface area (TPSA) is 24.9 Å². The predicted molar refractivity (Wildman–Crippen MR) is 83.2 cm³/mol. The molecule has 1 aromatic carbocycles. The molecule has 1 unspecified atom stereocenters. The quantitative estimate of drug-likeness (QED) is 0.878. The maximum absolute atomic E-state index is 6.35. The molecule has 4 heteroatoms. The highest BCUT2D eigenvalue weighted by Gasteiger charge is 2.20. The van der Waals surface area contributed by atoms with Gasteiger partial charge in [0.15, 0.2) is 0 Å². The molecule has 1 aromatic heterocycles. The predicted octanol–water partition coefficient (Wildman–Crippen LogP) is 4.50. The Morgan fingerprint density at radius 3 is 2.63 bits per heavy atom. The summed E-state index contributed by atoms with van der Waals surface area (Å²) in [6, 6.07) is 8.17. The SMILES string of the molecule is CCCNC(c1ccccc1Cl)c1sc(C)nc1C. The van der Waals surface area contributed by atoms with E-state index in [1.807, 2.05) is 25.1 Å². The smallest absolute Gasteiger partial charge is 0.0900 e. The van der Waals surface area contributed by atoms with Crippen LogP contribution in [0.2, 0.25) is 5.02 Å². The fourth-order valence-electron chi connectivity index (χ4n) is 2.16. The highest BCUT2D eigenvalue weighted by molar-refractivity contribution is 7.11. The Morgan fingerprint density at radius 2 is 2.05 bits per heavy atom. The molecule has 0 saturated heterocycles. The van der Waals surface area contributed by atoms with Crippen molar-refractivity contribution < 1.29 is 0 Å². The van der Waals surface area contributed by atoms with Crippen LogP contribution in [0.3, 0.4) is 0 Å². The minimum atomic E-state index is 0.139. The molecule has 0 aliphatic heterocycles. The number of nitrogens with zero attached hydrogens (tertiary/aromatic N) is 1. The lowest BCUT2D eigenvalue weighted by molar-refractivity contribution is 0.603. The van der Waals surface area contributed by atoms with Gasteiger partial charge in [0.2, 0.25) is 0 Å². The second-order valence-corrected chi connectivity index (χ2v) is 6.23. The van der Waals surface area contributed by atoms with Gasteiger partial charge >= 0.3 is 0 Å². The second kappa shape index (κ2) is 6.51. The van der Waals surface area contributed by atoms with Crippen LogP contribution in [0.25, 0.3) is 0 Å². The molecule has 0 fully saturated rings. The maximum atomic E-state index is 6.35. The van der Waals surface area contributed by atoms with Crippen molar-refractivity contribution in [3.8, 4) is 0 Å². The van der Waals surface area contributed by atoms with Crippen molar-refractivity contribution in [1.82, 2.24) is 10.3 Å². The highest BCUT2D eigenvalue weighted by Crippen LogP contribution is 2.33. The number of nitrogens with one attached hydrogen (secondary N) is 1. The van der Waals surface area contributed by atoms with Crippen LogP contribution in [-0.2, 0) is 0 Å². The average Bonchev–Trinajstić information content (AvgIpc) is 2.71. The fourth-order valence-corrected chi connectivity index (χ4v) is 3.42. The number of hydrogen-bond donors (Lipinski definition) is 1. The van der Waals surface area contributed by atoms with E-state index in [4.69, 9.17) is 11.6 Å². The van der Waals surface area contributed by atoms with Crippen molar-refractivity contribution in [1.29, 1.82) is 0 Å². The van der Waals surface area contributed by atoms with Crippen molar-refractivity contribution in [3.63, 3.8) is 0 Å². The maximum Gasteiger partial charge on any atom is 0.0900 e. The number of aromatic nitrogens is 1. The first kappa shape index (κ1) is 14.5. The van der Waals surface area contributed by atoms with Gasteiger partial charge in [-0.1, -0.05) is 36.7 Å². The largest absolute Gasteiger partial charge is 0.305 e. The molecule has 0 bridgehead atoms. The Bertz CT molecular complexity index is 551. The molecule has 2 nitrogen and oxygen atoms in total. The summed E-state index contributed by atoms with van der Waals surface area (Å²) in [6.45, 7) is 7.24. The van der Waals surface area contributed by atoms with Gasteiger partial charge in [-0.15, -0.1) is 11.3 Å². The van der Waals surface area contributed by atoms with Gasteiger partial charge in [-0.25, -0.2) is 4.98 Å². The van der Waals surface area contributed by atoms with Crippen LogP contribution in [0.4, 0.5) is 0 Å². The molecule has 1 heterocycles. The molecule has 1 N–H and O–H groups in total. The Labute approximate surface area is 123 Å². The van der Waals surface area contributed by atoms with Gasteiger partial charge in [-0.3, -0.25) is 0 Å². The molecule has 19 heavy (non-hydrogen) atoms. The van der Waals surface area contributed by atoms with E-state index >= 15 is 0 Å². The average molecular weight is 295 g/mol. The van der Waals surface area contributed by atoms with Crippen LogP contribution in [0.1, 0.15) is 40.5 Å². The summed E-state index contributed by atoms with van der Waals surface area (Å²) in [6.07, 6.45) is 1.10. The standard InChI is InChI=1S/C15H19ClN2S/c1-4-9-17-14(12-7-5-6-8-13(12)16)15-10(2)18-11(3)19-15/h5-8,14,17H,4,9H2,1-3H3. The van der Waals surface area contributed by atoms with E-state index in [0.717, 1.165) is 34.3 Å². The van der Waals surface area contributed by atoms with E-state index in [2.05, 4.69) is 30.2 Å². The molecule has 0 spiro atoms. The summed E-state index contributed by atoms with van der Waals surface area (Å²) >= 11 is 8.10. The molecule has 2 rings (SSSR count). The molecule has 2 aromatic rings. The van der Waals surface area contributed by atoms with Gasteiger partial charge in [0.25, 0.3) is 0 Å². The van der Waals surface area contributed by atoms with Crippen molar-refractivity contribution in [2.24, 2.45) is 0 Å². The number of thiazole rings is 1. The van der Waals surface area contributed by atoms with Crippen LogP contribution in [0.5, 0.6) is 0 Å². The molecule has 0 amide bonds. The minimum Gasteiger partial charge on any atom is -0.305 e. The zero-order chi connectivity index (χ0) is 13.8. The summed E-state index contributed by atoms with van der Waals surface area (Å²) in [5.41, 5.74) is 2.22. The van der Waals surface area contributed by atoms with Crippen molar-refractivity contribution >= 4 is 22.9 Å². The zero-order valence-corrected chi connectivity index (χ0v) is 13.1. The molecule has 1 atom stereocenters. The minimum absolute atomic E-state index is 0.139. The van der Waals surface area contributed by atoms with Crippen LogP contribution in [0.15, 0.2) is 24.3 Å². The molecular weight excluding hydrogens is 276 g/mol. The lowest BCUT2D eigenvalue weighted by Crippen LogP contribution is -2.23. The van der Waals surface area contributed by atoms with E-state index in [0.29, 0.717) is 0 Å². The van der Waals surface area contributed by atoms with E-state index in [-0.39, 0.29) is 6.04 Å². The van der Waals surface area contributed by atoms with Gasteiger partial charge in [0, 0.05) is 9.90 Å². The first-order valence-electron chi connectivity index (χ1n) is 6.55. The van der Waals surface area contributed by atoms with Crippen molar-refractivity contribution in [2.75, 3.05) is 6.54 Å². The molecular formula is C15H19ClN2S. The Hall–Kier alpha value is -0.900. The number of hydrogen-bond acceptors (Lipinski definition) is 3. The summed E-state index contributed by atoms with van der Waals surface area (Å²) < 4.78 is 0. The second-order valence-electron chi connectivity index (χ2n) is 4.59. The fraction of sp³-hybridized carbons (Fsp3) is 0.400. The normalized spacial score (nSPS) is 12.6. The van der Waals surface area contributed by atoms with Crippen molar-refractivity contribution in [2.45, 2.75) is 33.2 Å². The van der Waals surface area contributed by atoms with Gasteiger partial charge in [-0.05, 0) is 38.4 Å². The third kappa shape index (κ3) is 3.35. The first-order valence-corrected chi connectivity index (χ1v) is 7.74. The van der Waals surface area contributed by atoms with Gasteiger partial charge in [-0.2, -0.15) is 0 Å². The monoisotopic (exact) mass is 294 g/mol. The lowest BCUT2D eigenvalue weighted by Gasteiger charge is -2.19. The molecule has 0 radical (unpaired) electrons. The third-order valence-electron chi connectivity index (χ3n) is 3.02. The molecule has 0 saturated carbocycles. The van der Waals surface area contributed by atoms with Crippen molar-refractivity contribution in [3.05, 3.63) is 50.4 Å². The lowest BCUT2D eigenvalue weighted by atomic mass is 10.0. The summed E-state index contributed by atoms with van der Waals surface area (Å²) in [5.74, 6) is 0. The molecule has 0 aliphatic rings. The number of benzene rings is 1. The van der Waals surface area contributed by atoms with Gasteiger partial charge < -0.3 is 5.32 Å². The van der Waals surface area contributed by atoms with E-state index in [1.165, 1.54) is 4.88 Å². The van der Waals surface area contributed by atoms with E-state index in [1.54, 1.807) is 11.3 Å². The van der Waals surface area contributed by atoms with Gasteiger partial charge in [0.1, 0.15) is 0 Å². The van der Waals surface area contributed by atoms with Crippen LogP contribution >= 0.6 is 22.9 Å². The number of rotatable bonds is 5. The zero-order valence-electron chi connectivity index (χ0n) is 11.5. The first-order chi connectivity index (χ1) is 9.13. The Kier molecular flexibility index (Phi) is 4.97. The van der Waals surface area contributed by atoms with Crippen LogP contribution < -0.4 is 5.32 Å². The molecule has 102 valence electrons. The van der Waals surface area contributed by atoms with Gasteiger partial charge in [0.05, 0.1) is 16.7 Å². The van der Waals surface area contributed by atoms with Crippen LogP contribution in [-0.4, -0.2) is 11.5 Å². The highest BCUT2D eigenvalue weighted by atomic mass is 35.5. The Balaban J connectivity index is 2.41. The summed E-state index contributed by atoms with van der Waals surface area (Å²) in [7, 11) is 0. The summed E-state index contributed by atoms with van der Waals surface area (Å²) in [5, 5.41) is 5.49. The van der Waals surface area contributed by atoms with E-state index in [9.17, 15) is 0 Å². The Morgan fingerprint density at radius 1 is 1.32 bits per heavy atom. The third-order valence-corrected chi connectivity index (χ3v) is 4.50. The van der Waals surface area contributed by atoms with Crippen LogP contribution in [0, 0.1) is 13.8 Å². The molecule has 0 aliphatic carbocycles.